The second-order valence-corrected chi connectivity index (χ2v) is 10.4. The summed E-state index contributed by atoms with van der Waals surface area (Å²) in [7, 11) is 0. The second kappa shape index (κ2) is 11.1. The molecule has 0 spiro atoms. The topological polar surface area (TPSA) is 88.0 Å². The smallest absolute Gasteiger partial charge is 0.335 e. The summed E-state index contributed by atoms with van der Waals surface area (Å²) in [5.41, 5.74) is 4.80. The molecular formula is C30H35NO5. The standard InChI is InChI=1S/C30H35NO5/c1-30(2,3)24-10-13-26(14-11-24)35-19-25(32)17-31-18-27-12-8-23-16-22(9-15-28(23)36-27)20-4-6-21(7-5-20)29(33)34/h4-7,9-11,13-16,25,27,31-32H,8,12,17-19H2,1-3H3,(H,33,34). The van der Waals surface area contributed by atoms with Crippen LogP contribution in [0.25, 0.3) is 11.1 Å². The lowest BCUT2D eigenvalue weighted by Crippen LogP contribution is -2.39. The molecule has 0 saturated heterocycles. The first-order valence-corrected chi connectivity index (χ1v) is 12.4. The van der Waals surface area contributed by atoms with Crippen molar-refractivity contribution in [2.24, 2.45) is 0 Å². The van der Waals surface area contributed by atoms with Gasteiger partial charge < -0.3 is 25.0 Å². The van der Waals surface area contributed by atoms with Crippen LogP contribution in [0, 0.1) is 0 Å². The van der Waals surface area contributed by atoms with Crippen LogP contribution < -0.4 is 14.8 Å². The highest BCUT2D eigenvalue weighted by atomic mass is 16.5. The van der Waals surface area contributed by atoms with Crippen LogP contribution in [-0.2, 0) is 11.8 Å². The maximum Gasteiger partial charge on any atom is 0.335 e. The number of aryl methyl sites for hydroxylation is 1. The summed E-state index contributed by atoms with van der Waals surface area (Å²) in [6, 6.07) is 21.0. The minimum Gasteiger partial charge on any atom is -0.491 e. The Balaban J connectivity index is 1.22. The molecule has 6 heteroatoms. The Hall–Kier alpha value is -3.35. The number of aliphatic hydroxyl groups excluding tert-OH is 1. The van der Waals surface area contributed by atoms with Gasteiger partial charge in [-0.15, -0.1) is 0 Å². The van der Waals surface area contributed by atoms with Gasteiger partial charge in [-0.3, -0.25) is 0 Å². The number of benzene rings is 3. The van der Waals surface area contributed by atoms with E-state index in [1.165, 1.54) is 5.56 Å². The molecule has 4 rings (SSSR count). The summed E-state index contributed by atoms with van der Waals surface area (Å²) in [4.78, 5) is 11.1. The molecule has 3 aromatic rings. The molecule has 1 heterocycles. The predicted octanol–water partition coefficient (Wildman–Crippen LogP) is 5.07. The molecule has 2 atom stereocenters. The van der Waals surface area contributed by atoms with Crippen molar-refractivity contribution in [1.29, 1.82) is 0 Å². The first-order chi connectivity index (χ1) is 17.2. The SMILES string of the molecule is CC(C)(C)c1ccc(OCC(O)CNCC2CCc3cc(-c4ccc(C(=O)O)cc4)ccc3O2)cc1. The zero-order chi connectivity index (χ0) is 25.7. The Morgan fingerprint density at radius 3 is 2.42 bits per heavy atom. The molecule has 6 nitrogen and oxygen atoms in total. The average Bonchev–Trinajstić information content (AvgIpc) is 2.87. The molecule has 0 aromatic heterocycles. The van der Waals surface area contributed by atoms with Crippen LogP contribution in [0.3, 0.4) is 0 Å². The highest BCUT2D eigenvalue weighted by molar-refractivity contribution is 5.88. The lowest BCUT2D eigenvalue weighted by atomic mass is 9.87. The van der Waals surface area contributed by atoms with Crippen molar-refractivity contribution in [3.8, 4) is 22.6 Å². The van der Waals surface area contributed by atoms with Crippen molar-refractivity contribution in [1.82, 2.24) is 5.32 Å². The van der Waals surface area contributed by atoms with E-state index < -0.39 is 12.1 Å². The third-order valence-electron chi connectivity index (χ3n) is 6.47. The Bertz CT molecular complexity index is 1170. The Morgan fingerprint density at radius 2 is 1.75 bits per heavy atom. The number of aromatic carboxylic acids is 1. The van der Waals surface area contributed by atoms with Crippen LogP contribution in [-0.4, -0.2) is 48.1 Å². The number of fused-ring (bicyclic) bond motifs is 1. The number of carboxylic acid groups (broad SMARTS) is 1. The molecule has 0 fully saturated rings. The van der Waals surface area contributed by atoms with Crippen molar-refractivity contribution in [3.63, 3.8) is 0 Å². The van der Waals surface area contributed by atoms with Crippen molar-refractivity contribution in [3.05, 3.63) is 83.4 Å². The van der Waals surface area contributed by atoms with Crippen LogP contribution >= 0.6 is 0 Å². The van der Waals surface area contributed by atoms with E-state index in [4.69, 9.17) is 14.6 Å². The summed E-state index contributed by atoms with van der Waals surface area (Å²) in [5.74, 6) is 0.707. The van der Waals surface area contributed by atoms with Gasteiger partial charge in [0, 0.05) is 13.1 Å². The fraction of sp³-hybridized carbons (Fsp3) is 0.367. The summed E-state index contributed by atoms with van der Waals surface area (Å²) in [6.07, 6.45) is 1.21. The molecule has 190 valence electrons. The zero-order valence-electron chi connectivity index (χ0n) is 21.2. The third-order valence-corrected chi connectivity index (χ3v) is 6.47. The number of ether oxygens (including phenoxy) is 2. The zero-order valence-corrected chi connectivity index (χ0v) is 21.2. The Labute approximate surface area is 212 Å². The van der Waals surface area contributed by atoms with Crippen LogP contribution in [0.4, 0.5) is 0 Å². The lowest BCUT2D eigenvalue weighted by Gasteiger charge is -2.27. The normalized spacial score (nSPS) is 16.1. The minimum absolute atomic E-state index is 0.0382. The van der Waals surface area contributed by atoms with Gasteiger partial charge in [0.2, 0.25) is 0 Å². The average molecular weight is 490 g/mol. The van der Waals surface area contributed by atoms with Crippen LogP contribution in [0.1, 0.15) is 48.7 Å². The minimum atomic E-state index is -0.925. The highest BCUT2D eigenvalue weighted by Crippen LogP contribution is 2.32. The van der Waals surface area contributed by atoms with Crippen LogP contribution in [0.15, 0.2) is 66.7 Å². The first kappa shape index (κ1) is 25.7. The maximum atomic E-state index is 11.1. The number of nitrogens with one attached hydrogen (secondary N) is 1. The molecule has 1 aliphatic heterocycles. The van der Waals surface area contributed by atoms with Crippen molar-refractivity contribution >= 4 is 5.97 Å². The number of carbonyl (C=O) groups is 1. The molecule has 36 heavy (non-hydrogen) atoms. The largest absolute Gasteiger partial charge is 0.491 e. The molecule has 3 N–H and O–H groups in total. The molecule has 2 unspecified atom stereocenters. The van der Waals surface area contributed by atoms with Crippen molar-refractivity contribution in [2.45, 2.75) is 51.2 Å². The number of aliphatic hydroxyl groups is 1. The van der Waals surface area contributed by atoms with E-state index in [0.29, 0.717) is 13.1 Å². The fourth-order valence-corrected chi connectivity index (χ4v) is 4.29. The number of hydrogen-bond acceptors (Lipinski definition) is 5. The Morgan fingerprint density at radius 1 is 1.06 bits per heavy atom. The lowest BCUT2D eigenvalue weighted by molar-refractivity contribution is 0.0697. The van der Waals surface area contributed by atoms with Crippen molar-refractivity contribution in [2.75, 3.05) is 19.7 Å². The van der Waals surface area contributed by atoms with E-state index in [9.17, 15) is 9.90 Å². The number of carboxylic acids is 1. The van der Waals surface area contributed by atoms with Gasteiger partial charge in [-0.05, 0) is 76.9 Å². The summed E-state index contributed by atoms with van der Waals surface area (Å²) < 4.78 is 11.9. The predicted molar refractivity (Wildman–Crippen MR) is 141 cm³/mol. The molecule has 0 radical (unpaired) electrons. The fourth-order valence-electron chi connectivity index (χ4n) is 4.29. The van der Waals surface area contributed by atoms with Gasteiger partial charge in [-0.2, -0.15) is 0 Å². The summed E-state index contributed by atoms with van der Waals surface area (Å²) in [6.45, 7) is 7.83. The van der Waals surface area contributed by atoms with E-state index in [1.54, 1.807) is 12.1 Å². The van der Waals surface area contributed by atoms with Gasteiger partial charge in [-0.25, -0.2) is 4.79 Å². The van der Waals surface area contributed by atoms with Gasteiger partial charge in [-0.1, -0.05) is 51.1 Å². The summed E-state index contributed by atoms with van der Waals surface area (Å²) >= 11 is 0. The summed E-state index contributed by atoms with van der Waals surface area (Å²) in [5, 5.41) is 22.7. The van der Waals surface area contributed by atoms with Gasteiger partial charge in [0.1, 0.15) is 30.3 Å². The Kier molecular flexibility index (Phi) is 7.97. The van der Waals surface area contributed by atoms with Crippen LogP contribution in [0.2, 0.25) is 0 Å². The van der Waals surface area contributed by atoms with Crippen molar-refractivity contribution < 1.29 is 24.5 Å². The highest BCUT2D eigenvalue weighted by Gasteiger charge is 2.20. The molecule has 0 bridgehead atoms. The molecule has 1 aliphatic rings. The van der Waals surface area contributed by atoms with Gasteiger partial charge in [0.05, 0.1) is 5.56 Å². The molecular weight excluding hydrogens is 454 g/mol. The molecule has 0 amide bonds. The van der Waals surface area contributed by atoms with E-state index in [1.807, 2.05) is 36.4 Å². The van der Waals surface area contributed by atoms with E-state index in [2.05, 4.69) is 44.3 Å². The number of hydrogen-bond donors (Lipinski definition) is 3. The van der Waals surface area contributed by atoms with Gasteiger partial charge in [0.25, 0.3) is 0 Å². The number of rotatable bonds is 9. The van der Waals surface area contributed by atoms with E-state index in [-0.39, 0.29) is 23.7 Å². The van der Waals surface area contributed by atoms with Gasteiger partial charge in [0.15, 0.2) is 0 Å². The quantitative estimate of drug-likeness (QED) is 0.389. The van der Waals surface area contributed by atoms with E-state index >= 15 is 0 Å². The third kappa shape index (κ3) is 6.65. The van der Waals surface area contributed by atoms with Crippen LogP contribution in [0.5, 0.6) is 11.5 Å². The molecule has 0 saturated carbocycles. The van der Waals surface area contributed by atoms with E-state index in [0.717, 1.165) is 41.0 Å². The first-order valence-electron chi connectivity index (χ1n) is 12.4. The molecule has 0 aliphatic carbocycles. The van der Waals surface area contributed by atoms with Gasteiger partial charge >= 0.3 is 5.97 Å². The monoisotopic (exact) mass is 489 g/mol. The maximum absolute atomic E-state index is 11.1. The second-order valence-electron chi connectivity index (χ2n) is 10.4. The molecule has 3 aromatic carbocycles.